The van der Waals surface area contributed by atoms with Gasteiger partial charge in [-0.1, -0.05) is 0 Å². The van der Waals surface area contributed by atoms with E-state index < -0.39 is 0 Å². The van der Waals surface area contributed by atoms with Crippen molar-refractivity contribution in [2.45, 2.75) is 13.8 Å². The molecule has 0 amide bonds. The molecule has 0 spiro atoms. The normalized spacial score (nSPS) is 9.42. The molecule has 0 unspecified atom stereocenters. The molecule has 0 aliphatic heterocycles. The first-order chi connectivity index (χ1) is 5.65. The van der Waals surface area contributed by atoms with Crippen molar-refractivity contribution >= 4 is 25.1 Å². The van der Waals surface area contributed by atoms with Crippen LogP contribution in [0.1, 0.15) is 11.1 Å². The zero-order valence-electron chi connectivity index (χ0n) is 7.09. The fraction of sp³-hybridized carbons (Fsp3) is 0.222. The molecule has 0 radical (unpaired) electrons. The summed E-state index contributed by atoms with van der Waals surface area (Å²) in [4.78, 5) is 2.15. The summed E-state index contributed by atoms with van der Waals surface area (Å²) >= 11 is -0.136. The molecule has 0 fully saturated rings. The number of hydrogen-bond donors (Lipinski definition) is 1. The number of nitrogens with two attached hydrogens (primary N) is 1. The molecule has 0 saturated carbocycles. The summed E-state index contributed by atoms with van der Waals surface area (Å²) in [6, 6.07) is 3.94. The van der Waals surface area contributed by atoms with Gasteiger partial charge in [0.05, 0.1) is 0 Å². The van der Waals surface area contributed by atoms with E-state index in [4.69, 9.17) is 11.0 Å². The van der Waals surface area contributed by atoms with Gasteiger partial charge < -0.3 is 0 Å². The van der Waals surface area contributed by atoms with Gasteiger partial charge in [0.15, 0.2) is 0 Å². The molecule has 0 bridgehead atoms. The second-order valence-corrected chi connectivity index (χ2v) is 4.40. The van der Waals surface area contributed by atoms with Gasteiger partial charge in [-0.2, -0.15) is 0 Å². The predicted molar refractivity (Wildman–Crippen MR) is 51.3 cm³/mol. The van der Waals surface area contributed by atoms with Crippen molar-refractivity contribution in [2.75, 3.05) is 5.73 Å². The Bertz CT molecular complexity index is 339. The summed E-state index contributed by atoms with van der Waals surface area (Å²) in [5, 5.41) is 8.53. The first-order valence-electron chi connectivity index (χ1n) is 3.58. The number of nitrogen functional groups attached to an aromatic ring is 1. The van der Waals surface area contributed by atoms with Gasteiger partial charge in [-0.25, -0.2) is 0 Å². The van der Waals surface area contributed by atoms with Crippen LogP contribution in [0.15, 0.2) is 12.1 Å². The minimum absolute atomic E-state index is 0.136. The molecule has 62 valence electrons. The predicted octanol–water partition coefficient (Wildman–Crippen LogP) is 0.696. The summed E-state index contributed by atoms with van der Waals surface area (Å²) < 4.78 is 0.994. The number of nitriles is 1. The first-order valence-corrected chi connectivity index (χ1v) is 5.29. The number of nitrogens with zero attached hydrogens (tertiary/aromatic N) is 1. The molecule has 1 aromatic rings. The van der Waals surface area contributed by atoms with Crippen LogP contribution in [0.3, 0.4) is 0 Å². The van der Waals surface area contributed by atoms with Crippen molar-refractivity contribution in [1.29, 1.82) is 5.26 Å². The van der Waals surface area contributed by atoms with Crippen LogP contribution in [-0.4, -0.2) is 15.0 Å². The van der Waals surface area contributed by atoms with E-state index >= 15 is 0 Å². The first kappa shape index (κ1) is 9.12. The molecule has 0 heterocycles. The van der Waals surface area contributed by atoms with Crippen molar-refractivity contribution in [2.24, 2.45) is 0 Å². The topological polar surface area (TPSA) is 49.8 Å². The van der Waals surface area contributed by atoms with E-state index in [1.54, 1.807) is 0 Å². The standard InChI is InChI=1S/C9H10N2Se/c1-6-3-8(11)9(12-5-10)4-7(6)2/h3-4H,11H2,1-2H3. The van der Waals surface area contributed by atoms with E-state index in [1.165, 1.54) is 11.1 Å². The minimum atomic E-state index is -0.136. The summed E-state index contributed by atoms with van der Waals surface area (Å²) in [5.74, 6) is 0. The molecule has 0 aromatic heterocycles. The van der Waals surface area contributed by atoms with Crippen molar-refractivity contribution in [3.8, 4) is 4.97 Å². The molecule has 2 nitrogen and oxygen atoms in total. The average Bonchev–Trinajstić information content (AvgIpc) is 2.01. The molecule has 12 heavy (non-hydrogen) atoms. The monoisotopic (exact) mass is 226 g/mol. The van der Waals surface area contributed by atoms with Crippen LogP contribution in [0.25, 0.3) is 0 Å². The molecule has 0 aliphatic rings. The number of aryl methyl sites for hydroxylation is 2. The Morgan fingerprint density at radius 3 is 2.50 bits per heavy atom. The van der Waals surface area contributed by atoms with Crippen LogP contribution in [0.4, 0.5) is 5.69 Å². The van der Waals surface area contributed by atoms with E-state index in [2.05, 4.69) is 4.97 Å². The molecule has 0 aliphatic carbocycles. The Morgan fingerprint density at radius 2 is 1.92 bits per heavy atom. The van der Waals surface area contributed by atoms with Gasteiger partial charge in [-0.05, 0) is 0 Å². The molecule has 1 rings (SSSR count). The summed E-state index contributed by atoms with van der Waals surface area (Å²) in [6.45, 7) is 4.06. The van der Waals surface area contributed by atoms with Gasteiger partial charge >= 0.3 is 78.2 Å². The zero-order chi connectivity index (χ0) is 9.14. The molecule has 2 N–H and O–H groups in total. The van der Waals surface area contributed by atoms with Gasteiger partial charge in [0, 0.05) is 0 Å². The van der Waals surface area contributed by atoms with Crippen LogP contribution in [0.5, 0.6) is 0 Å². The Balaban J connectivity index is 3.16. The Labute approximate surface area is 78.5 Å². The second-order valence-electron chi connectivity index (χ2n) is 2.67. The molecule has 1 aromatic carbocycles. The van der Waals surface area contributed by atoms with Gasteiger partial charge in [0.1, 0.15) is 0 Å². The van der Waals surface area contributed by atoms with Gasteiger partial charge in [0.25, 0.3) is 0 Å². The Hall–Kier alpha value is -0.971. The van der Waals surface area contributed by atoms with Crippen LogP contribution in [0, 0.1) is 24.1 Å². The Morgan fingerprint density at radius 1 is 1.33 bits per heavy atom. The average molecular weight is 225 g/mol. The number of rotatable bonds is 1. The summed E-state index contributed by atoms with van der Waals surface area (Å²) in [6.07, 6.45) is 0. The van der Waals surface area contributed by atoms with Gasteiger partial charge in [0.2, 0.25) is 0 Å². The van der Waals surface area contributed by atoms with Crippen molar-refractivity contribution in [3.63, 3.8) is 0 Å². The molecule has 3 heteroatoms. The van der Waals surface area contributed by atoms with Crippen LogP contribution in [0.2, 0.25) is 0 Å². The van der Waals surface area contributed by atoms with E-state index in [0.29, 0.717) is 0 Å². The second kappa shape index (κ2) is 3.62. The van der Waals surface area contributed by atoms with Crippen molar-refractivity contribution in [1.82, 2.24) is 0 Å². The summed E-state index contributed by atoms with van der Waals surface area (Å²) in [7, 11) is 0. The van der Waals surface area contributed by atoms with Crippen LogP contribution >= 0.6 is 0 Å². The van der Waals surface area contributed by atoms with Crippen molar-refractivity contribution < 1.29 is 0 Å². The third-order valence-electron chi connectivity index (χ3n) is 1.78. The van der Waals surface area contributed by atoms with Crippen LogP contribution in [-0.2, 0) is 0 Å². The maximum atomic E-state index is 8.53. The van der Waals surface area contributed by atoms with Crippen molar-refractivity contribution in [3.05, 3.63) is 23.3 Å². The molecule has 0 atom stereocenters. The van der Waals surface area contributed by atoms with E-state index in [9.17, 15) is 0 Å². The number of hydrogen-bond acceptors (Lipinski definition) is 2. The molecule has 0 saturated heterocycles. The fourth-order valence-electron chi connectivity index (χ4n) is 0.950. The maximum absolute atomic E-state index is 8.53. The van der Waals surface area contributed by atoms with Gasteiger partial charge in [-0.3, -0.25) is 0 Å². The third-order valence-corrected chi connectivity index (χ3v) is 3.18. The third kappa shape index (κ3) is 1.79. The number of benzene rings is 1. The van der Waals surface area contributed by atoms with E-state index in [1.807, 2.05) is 26.0 Å². The molecular weight excluding hydrogens is 215 g/mol. The van der Waals surface area contributed by atoms with Gasteiger partial charge in [-0.15, -0.1) is 0 Å². The molecular formula is C9H10N2Se. The zero-order valence-corrected chi connectivity index (χ0v) is 8.80. The Kier molecular flexibility index (Phi) is 2.75. The fourth-order valence-corrected chi connectivity index (χ4v) is 2.02. The SMILES string of the molecule is Cc1cc(N)c([Se]C#N)cc1C. The quantitative estimate of drug-likeness (QED) is 0.565. The van der Waals surface area contributed by atoms with E-state index in [0.717, 1.165) is 10.1 Å². The van der Waals surface area contributed by atoms with E-state index in [-0.39, 0.29) is 15.0 Å². The number of anilines is 1. The van der Waals surface area contributed by atoms with Crippen LogP contribution < -0.4 is 10.2 Å². The summed E-state index contributed by atoms with van der Waals surface area (Å²) in [5.41, 5.74) is 8.88.